The summed E-state index contributed by atoms with van der Waals surface area (Å²) in [4.78, 5) is 25.8. The fourth-order valence-electron chi connectivity index (χ4n) is 8.70. The number of esters is 2. The molecular formula is C57H100O15. The molecule has 2 aliphatic heterocycles. The Labute approximate surface area is 433 Å². The Morgan fingerprint density at radius 1 is 0.458 bits per heavy atom. The summed E-state index contributed by atoms with van der Waals surface area (Å²) in [5.41, 5.74) is 0. The summed E-state index contributed by atoms with van der Waals surface area (Å²) in [7, 11) is 0. The quantitative estimate of drug-likeness (QED) is 0.0171. The average Bonchev–Trinajstić information content (AvgIpc) is 3.37. The molecule has 15 heteroatoms. The van der Waals surface area contributed by atoms with Gasteiger partial charge < -0.3 is 64.2 Å². The lowest BCUT2D eigenvalue weighted by Gasteiger charge is -2.42. The Bertz CT molecular complexity index is 1440. The van der Waals surface area contributed by atoms with Crippen LogP contribution in [-0.2, 0) is 38.0 Å². The van der Waals surface area contributed by atoms with E-state index < -0.39 is 92.7 Å². The van der Waals surface area contributed by atoms with Gasteiger partial charge in [-0.15, -0.1) is 0 Å². The van der Waals surface area contributed by atoms with Crippen LogP contribution in [0.4, 0.5) is 0 Å². The lowest BCUT2D eigenvalue weighted by Crippen LogP contribution is -2.61. The standard InChI is InChI=1S/C57H100O15/c1-3-5-7-9-11-13-15-17-19-20-21-22-23-24-26-28-30-32-34-36-38-40-49(60)70-45(42-67-48(59)39-37-35-33-31-29-27-25-18-16-14-12-10-8-6-4-2)43-68-56-55(66)53(64)51(62)47(72-56)44-69-57-54(65)52(63)50(61)46(41-58)71-57/h6,8,12,14,17-19,25,45-47,50-58,61-66H,3-5,7,9-11,13,15-16,20-24,26-44H2,1-2H3/b8-6+,14-12+,19-17+,25-18+/t45-,46+,47+,50-,51-,52?,53?,54?,55?,56+,57+/m1/s1. The highest BCUT2D eigenvalue weighted by Gasteiger charge is 2.47. The van der Waals surface area contributed by atoms with Crippen molar-refractivity contribution in [3.63, 3.8) is 0 Å². The first-order valence-electron chi connectivity index (χ1n) is 28.2. The Hall–Kier alpha value is -2.54. The second-order valence-corrected chi connectivity index (χ2v) is 19.7. The van der Waals surface area contributed by atoms with Crippen molar-refractivity contribution in [2.45, 2.75) is 274 Å². The molecule has 0 radical (unpaired) electrons. The molecule has 0 aromatic rings. The van der Waals surface area contributed by atoms with Crippen LogP contribution in [0.3, 0.4) is 0 Å². The lowest BCUT2D eigenvalue weighted by molar-refractivity contribution is -0.332. The molecule has 2 saturated heterocycles. The molecule has 0 aliphatic carbocycles. The molecule has 0 spiro atoms. The van der Waals surface area contributed by atoms with Gasteiger partial charge in [-0.3, -0.25) is 9.59 Å². The second kappa shape index (κ2) is 43.7. The van der Waals surface area contributed by atoms with Gasteiger partial charge in [0.2, 0.25) is 0 Å². The number of unbranched alkanes of at least 4 members (excludes halogenated alkanes) is 22. The number of allylic oxidation sites excluding steroid dienone is 8. The van der Waals surface area contributed by atoms with Crippen molar-refractivity contribution in [2.24, 2.45) is 0 Å². The topological polar surface area (TPSA) is 231 Å². The maximum atomic E-state index is 13.1. The summed E-state index contributed by atoms with van der Waals surface area (Å²) >= 11 is 0. The van der Waals surface area contributed by atoms with E-state index in [9.17, 15) is 45.3 Å². The highest BCUT2D eigenvalue weighted by atomic mass is 16.7. The van der Waals surface area contributed by atoms with Crippen LogP contribution in [0.1, 0.15) is 206 Å². The van der Waals surface area contributed by atoms with E-state index in [1.54, 1.807) is 0 Å². The SMILES string of the molecule is CC/C=C/C/C=C/C/C=C/CCCCCCCC(=O)OC[C@H](CO[C@H]1O[C@@H](CO[C@H]2O[C@@H](CO)[C@@H](O)C(O)C2O)[C@@H](O)C(O)C1O)OC(=O)CCCCCCCCCCCCC/C=C/CCCCCCCC. The van der Waals surface area contributed by atoms with Gasteiger partial charge >= 0.3 is 11.9 Å². The third-order valence-electron chi connectivity index (χ3n) is 13.3. The van der Waals surface area contributed by atoms with Gasteiger partial charge in [0.1, 0.15) is 55.4 Å². The maximum absolute atomic E-state index is 13.1. The van der Waals surface area contributed by atoms with E-state index in [0.717, 1.165) is 70.6 Å². The summed E-state index contributed by atoms with van der Waals surface area (Å²) in [6.07, 6.45) is 32.8. The molecule has 4 unspecified atom stereocenters. The third kappa shape index (κ3) is 30.7. The molecule has 0 bridgehead atoms. The Balaban J connectivity index is 1.76. The molecular weight excluding hydrogens is 925 g/mol. The molecule has 2 heterocycles. The number of rotatable bonds is 44. The molecule has 72 heavy (non-hydrogen) atoms. The van der Waals surface area contributed by atoms with Gasteiger partial charge in [-0.25, -0.2) is 0 Å². The highest BCUT2D eigenvalue weighted by molar-refractivity contribution is 5.70. The zero-order valence-corrected chi connectivity index (χ0v) is 44.4. The highest BCUT2D eigenvalue weighted by Crippen LogP contribution is 2.27. The molecule has 7 N–H and O–H groups in total. The van der Waals surface area contributed by atoms with Crippen molar-refractivity contribution >= 4 is 11.9 Å². The van der Waals surface area contributed by atoms with Crippen LogP contribution in [0.5, 0.6) is 0 Å². The van der Waals surface area contributed by atoms with Gasteiger partial charge in [0, 0.05) is 12.8 Å². The van der Waals surface area contributed by atoms with Crippen LogP contribution in [0.2, 0.25) is 0 Å². The van der Waals surface area contributed by atoms with E-state index in [1.807, 2.05) is 0 Å². The Kier molecular flexibility index (Phi) is 39.8. The van der Waals surface area contributed by atoms with Crippen molar-refractivity contribution in [1.29, 1.82) is 0 Å². The minimum absolute atomic E-state index is 0.160. The third-order valence-corrected chi connectivity index (χ3v) is 13.3. The average molecular weight is 1030 g/mol. The van der Waals surface area contributed by atoms with Gasteiger partial charge in [-0.2, -0.15) is 0 Å². The number of aliphatic hydroxyl groups is 7. The number of hydrogen-bond acceptors (Lipinski definition) is 15. The Morgan fingerprint density at radius 2 is 0.875 bits per heavy atom. The molecule has 11 atom stereocenters. The first-order chi connectivity index (χ1) is 35.0. The van der Waals surface area contributed by atoms with Gasteiger partial charge in [0.25, 0.3) is 0 Å². The minimum atomic E-state index is -1.77. The second-order valence-electron chi connectivity index (χ2n) is 19.7. The van der Waals surface area contributed by atoms with Crippen molar-refractivity contribution in [1.82, 2.24) is 0 Å². The van der Waals surface area contributed by atoms with Crippen LogP contribution >= 0.6 is 0 Å². The largest absolute Gasteiger partial charge is 0.462 e. The van der Waals surface area contributed by atoms with Gasteiger partial charge in [0.05, 0.1) is 19.8 Å². The smallest absolute Gasteiger partial charge is 0.306 e. The summed E-state index contributed by atoms with van der Waals surface area (Å²) in [5.74, 6) is -0.942. The van der Waals surface area contributed by atoms with Crippen LogP contribution < -0.4 is 0 Å². The van der Waals surface area contributed by atoms with E-state index in [0.29, 0.717) is 12.8 Å². The van der Waals surface area contributed by atoms with Crippen molar-refractivity contribution < 1.29 is 73.8 Å². The van der Waals surface area contributed by atoms with Gasteiger partial charge in [-0.1, -0.05) is 172 Å². The molecule has 0 amide bonds. The molecule has 2 aliphatic rings. The summed E-state index contributed by atoms with van der Waals surface area (Å²) in [5, 5.41) is 72.2. The molecule has 0 saturated carbocycles. The molecule has 2 fully saturated rings. The van der Waals surface area contributed by atoms with Crippen molar-refractivity contribution in [3.05, 3.63) is 48.6 Å². The van der Waals surface area contributed by atoms with Crippen molar-refractivity contribution in [2.75, 3.05) is 26.4 Å². The van der Waals surface area contributed by atoms with Gasteiger partial charge in [0.15, 0.2) is 18.7 Å². The molecule has 15 nitrogen and oxygen atoms in total. The summed E-state index contributed by atoms with van der Waals surface area (Å²) < 4.78 is 33.6. The first kappa shape index (κ1) is 65.6. The van der Waals surface area contributed by atoms with E-state index in [2.05, 4.69) is 62.5 Å². The van der Waals surface area contributed by atoms with Crippen molar-refractivity contribution in [3.8, 4) is 0 Å². The zero-order valence-electron chi connectivity index (χ0n) is 44.4. The summed E-state index contributed by atoms with van der Waals surface area (Å²) in [6, 6.07) is 0. The first-order valence-corrected chi connectivity index (χ1v) is 28.2. The predicted octanol–water partition coefficient (Wildman–Crippen LogP) is 9.05. The zero-order chi connectivity index (χ0) is 52.4. The fourth-order valence-corrected chi connectivity index (χ4v) is 8.70. The van der Waals surface area contributed by atoms with Crippen LogP contribution in [0, 0.1) is 0 Å². The number of carbonyl (C=O) groups excluding carboxylic acids is 2. The van der Waals surface area contributed by atoms with E-state index in [-0.39, 0.29) is 26.1 Å². The summed E-state index contributed by atoms with van der Waals surface area (Å²) in [6.45, 7) is 2.47. The van der Waals surface area contributed by atoms with Gasteiger partial charge in [-0.05, 0) is 70.6 Å². The number of aliphatic hydroxyl groups excluding tert-OH is 7. The van der Waals surface area contributed by atoms with Crippen LogP contribution in [0.15, 0.2) is 48.6 Å². The lowest BCUT2D eigenvalue weighted by atomic mass is 9.98. The minimum Gasteiger partial charge on any atom is -0.462 e. The molecule has 0 aromatic heterocycles. The van der Waals surface area contributed by atoms with Crippen LogP contribution in [0.25, 0.3) is 0 Å². The molecule has 0 aromatic carbocycles. The van der Waals surface area contributed by atoms with E-state index in [4.69, 9.17) is 28.4 Å². The normalized spacial score (nSPS) is 25.3. The van der Waals surface area contributed by atoms with E-state index >= 15 is 0 Å². The number of ether oxygens (including phenoxy) is 6. The fraction of sp³-hybridized carbons (Fsp3) is 0.825. The van der Waals surface area contributed by atoms with E-state index in [1.165, 1.54) is 96.3 Å². The predicted molar refractivity (Wildman–Crippen MR) is 280 cm³/mol. The maximum Gasteiger partial charge on any atom is 0.306 e. The number of hydrogen-bond donors (Lipinski definition) is 7. The Morgan fingerprint density at radius 3 is 1.39 bits per heavy atom. The number of carbonyl (C=O) groups is 2. The monoisotopic (exact) mass is 1020 g/mol. The van der Waals surface area contributed by atoms with Crippen LogP contribution in [-0.4, -0.2) is 142 Å². The molecule has 418 valence electrons. The molecule has 2 rings (SSSR count).